The van der Waals surface area contributed by atoms with Gasteiger partial charge in [-0.1, -0.05) is 28.1 Å². The summed E-state index contributed by atoms with van der Waals surface area (Å²) in [6.45, 7) is 2.60. The Morgan fingerprint density at radius 2 is 2.17 bits per heavy atom. The fraction of sp³-hybridized carbons (Fsp3) is 0.412. The zero-order valence-electron chi connectivity index (χ0n) is 13.0. The Morgan fingerprint density at radius 1 is 1.35 bits per heavy atom. The van der Waals surface area contributed by atoms with Crippen LogP contribution in [0.15, 0.2) is 41.0 Å². The number of aromatic nitrogens is 2. The van der Waals surface area contributed by atoms with E-state index in [0.717, 1.165) is 36.8 Å². The van der Waals surface area contributed by atoms with E-state index in [1.807, 2.05) is 23.0 Å². The highest BCUT2D eigenvalue weighted by atomic mass is 79.9. The van der Waals surface area contributed by atoms with Gasteiger partial charge in [-0.25, -0.2) is 0 Å². The van der Waals surface area contributed by atoms with Crippen molar-refractivity contribution in [3.8, 4) is 0 Å². The first kappa shape index (κ1) is 16.2. The molecule has 1 amide bonds. The maximum absolute atomic E-state index is 12.2. The van der Waals surface area contributed by atoms with Gasteiger partial charge in [-0.15, -0.1) is 0 Å². The molecule has 3 rings (SSSR count). The normalized spacial score (nSPS) is 17.9. The second-order valence-electron chi connectivity index (χ2n) is 5.81. The molecule has 5 nitrogen and oxygen atoms in total. The molecule has 1 unspecified atom stereocenters. The van der Waals surface area contributed by atoms with Crippen LogP contribution in [0.25, 0.3) is 0 Å². The van der Waals surface area contributed by atoms with Crippen molar-refractivity contribution in [2.24, 2.45) is 0 Å². The molecular weight excluding hydrogens is 356 g/mol. The predicted molar refractivity (Wildman–Crippen MR) is 93.5 cm³/mol. The number of halogens is 1. The topological polar surface area (TPSA) is 59.0 Å². The number of benzene rings is 1. The fourth-order valence-corrected chi connectivity index (χ4v) is 3.05. The molecule has 1 saturated heterocycles. The molecule has 2 N–H and O–H groups in total. The van der Waals surface area contributed by atoms with Gasteiger partial charge in [0, 0.05) is 23.8 Å². The van der Waals surface area contributed by atoms with E-state index in [0.29, 0.717) is 18.3 Å². The number of hydrogen-bond acceptors (Lipinski definition) is 3. The van der Waals surface area contributed by atoms with Crippen LogP contribution in [0, 0.1) is 0 Å². The molecule has 0 spiro atoms. The van der Waals surface area contributed by atoms with Crippen molar-refractivity contribution in [2.75, 3.05) is 19.6 Å². The van der Waals surface area contributed by atoms with E-state index in [1.54, 1.807) is 6.07 Å². The van der Waals surface area contributed by atoms with Crippen molar-refractivity contribution in [2.45, 2.75) is 25.3 Å². The van der Waals surface area contributed by atoms with Gasteiger partial charge < -0.3 is 10.6 Å². The summed E-state index contributed by atoms with van der Waals surface area (Å²) in [5.74, 6) is -0.107. The smallest absolute Gasteiger partial charge is 0.271 e. The van der Waals surface area contributed by atoms with E-state index >= 15 is 0 Å². The molecule has 0 saturated carbocycles. The van der Waals surface area contributed by atoms with Crippen LogP contribution in [0.1, 0.15) is 34.9 Å². The molecule has 1 aromatic carbocycles. The average molecular weight is 377 g/mol. The largest absolute Gasteiger partial charge is 0.350 e. The van der Waals surface area contributed by atoms with Crippen LogP contribution in [0.4, 0.5) is 0 Å². The summed E-state index contributed by atoms with van der Waals surface area (Å²) < 4.78 is 2.98. The Kier molecular flexibility index (Phi) is 5.46. The summed E-state index contributed by atoms with van der Waals surface area (Å²) in [5.41, 5.74) is 1.69. The Hall–Kier alpha value is -1.66. The summed E-state index contributed by atoms with van der Waals surface area (Å²) >= 11 is 3.42. The number of piperidine rings is 1. The van der Waals surface area contributed by atoms with E-state index in [2.05, 4.69) is 43.8 Å². The summed E-state index contributed by atoms with van der Waals surface area (Å²) in [4.78, 5) is 12.2. The molecule has 0 radical (unpaired) electrons. The maximum Gasteiger partial charge on any atom is 0.271 e. The van der Waals surface area contributed by atoms with Crippen LogP contribution < -0.4 is 10.6 Å². The van der Waals surface area contributed by atoms with Crippen molar-refractivity contribution in [3.05, 3.63) is 52.3 Å². The van der Waals surface area contributed by atoms with E-state index in [-0.39, 0.29) is 5.91 Å². The highest BCUT2D eigenvalue weighted by molar-refractivity contribution is 9.10. The second-order valence-corrected chi connectivity index (χ2v) is 6.73. The van der Waals surface area contributed by atoms with Gasteiger partial charge in [0.25, 0.3) is 5.91 Å². The maximum atomic E-state index is 12.2. The summed E-state index contributed by atoms with van der Waals surface area (Å²) in [7, 11) is 0. The Balaban J connectivity index is 1.50. The minimum atomic E-state index is -0.107. The fourth-order valence-electron chi connectivity index (χ4n) is 2.78. The second kappa shape index (κ2) is 7.75. The van der Waals surface area contributed by atoms with Crippen molar-refractivity contribution >= 4 is 21.8 Å². The van der Waals surface area contributed by atoms with Gasteiger partial charge in [0.15, 0.2) is 0 Å². The van der Waals surface area contributed by atoms with Crippen molar-refractivity contribution < 1.29 is 4.79 Å². The quantitative estimate of drug-likeness (QED) is 0.842. The molecule has 6 heteroatoms. The van der Waals surface area contributed by atoms with Gasteiger partial charge in [-0.05, 0) is 49.6 Å². The molecule has 2 heterocycles. The monoisotopic (exact) mass is 376 g/mol. The van der Waals surface area contributed by atoms with E-state index in [4.69, 9.17) is 0 Å². The molecular formula is C17H21BrN4O. The van der Waals surface area contributed by atoms with Gasteiger partial charge in [0.1, 0.15) is 5.69 Å². The number of nitrogens with zero attached hydrogens (tertiary/aromatic N) is 2. The number of rotatable bonds is 5. The summed E-state index contributed by atoms with van der Waals surface area (Å²) in [6.07, 6.45) is 4.98. The molecule has 1 aliphatic rings. The highest BCUT2D eigenvalue weighted by Gasteiger charge is 2.17. The third-order valence-electron chi connectivity index (χ3n) is 4.10. The summed E-state index contributed by atoms with van der Waals surface area (Å²) in [6, 6.07) is 10.3. The first-order valence-electron chi connectivity index (χ1n) is 8.01. The van der Waals surface area contributed by atoms with E-state index < -0.39 is 0 Å². The number of hydrogen-bond donors (Lipinski definition) is 2. The molecule has 122 valence electrons. The number of carbonyl (C=O) groups excluding carboxylic acids is 1. The van der Waals surface area contributed by atoms with Crippen molar-refractivity contribution in [1.29, 1.82) is 0 Å². The minimum absolute atomic E-state index is 0.107. The Bertz CT molecular complexity index is 647. The predicted octanol–water partition coefficient (Wildman–Crippen LogP) is 2.54. The van der Waals surface area contributed by atoms with Crippen LogP contribution in [0.3, 0.4) is 0 Å². The molecule has 1 atom stereocenters. The van der Waals surface area contributed by atoms with Gasteiger partial charge in [-0.2, -0.15) is 5.10 Å². The lowest BCUT2D eigenvalue weighted by Crippen LogP contribution is -2.32. The number of amides is 1. The van der Waals surface area contributed by atoms with Crippen LogP contribution in [0.2, 0.25) is 0 Å². The van der Waals surface area contributed by atoms with Crippen molar-refractivity contribution in [1.82, 2.24) is 20.4 Å². The van der Waals surface area contributed by atoms with Crippen LogP contribution in [-0.2, 0) is 6.42 Å². The first-order valence-corrected chi connectivity index (χ1v) is 8.80. The van der Waals surface area contributed by atoms with E-state index in [9.17, 15) is 4.79 Å². The zero-order valence-corrected chi connectivity index (χ0v) is 14.6. The SMILES string of the molecule is O=C(NCCc1ccc(Br)cc1)c1ccn(C2CCCNC2)n1. The number of carbonyl (C=O) groups is 1. The number of nitrogens with one attached hydrogen (secondary N) is 2. The Labute approximate surface area is 144 Å². The van der Waals surface area contributed by atoms with Crippen LogP contribution in [-0.4, -0.2) is 35.3 Å². The molecule has 23 heavy (non-hydrogen) atoms. The van der Waals surface area contributed by atoms with Gasteiger partial charge in [0.05, 0.1) is 6.04 Å². The summed E-state index contributed by atoms with van der Waals surface area (Å²) in [5, 5.41) is 10.7. The zero-order chi connectivity index (χ0) is 16.1. The van der Waals surface area contributed by atoms with Crippen molar-refractivity contribution in [3.63, 3.8) is 0 Å². The first-order chi connectivity index (χ1) is 11.2. The molecule has 0 aliphatic carbocycles. The highest BCUT2D eigenvalue weighted by Crippen LogP contribution is 2.15. The van der Waals surface area contributed by atoms with Gasteiger partial charge >= 0.3 is 0 Å². The van der Waals surface area contributed by atoms with Crippen LogP contribution in [0.5, 0.6) is 0 Å². The third kappa shape index (κ3) is 4.42. The molecule has 1 aromatic heterocycles. The molecule has 1 fully saturated rings. The average Bonchev–Trinajstić information content (AvgIpc) is 3.07. The lowest BCUT2D eigenvalue weighted by Gasteiger charge is -2.22. The standard InChI is InChI=1S/C17H21BrN4O/c18-14-5-3-13(4-6-14)7-10-20-17(23)16-8-11-22(21-16)15-2-1-9-19-12-15/h3-6,8,11,15,19H,1-2,7,9-10,12H2,(H,20,23). The molecule has 2 aromatic rings. The molecule has 1 aliphatic heterocycles. The third-order valence-corrected chi connectivity index (χ3v) is 4.63. The van der Waals surface area contributed by atoms with E-state index in [1.165, 1.54) is 5.56 Å². The van der Waals surface area contributed by atoms with Crippen LogP contribution >= 0.6 is 15.9 Å². The van der Waals surface area contributed by atoms with Gasteiger partial charge in [-0.3, -0.25) is 9.48 Å². The molecule has 0 bridgehead atoms. The lowest BCUT2D eigenvalue weighted by molar-refractivity contribution is 0.0948. The Morgan fingerprint density at radius 3 is 2.91 bits per heavy atom. The lowest BCUT2D eigenvalue weighted by atomic mass is 10.1. The van der Waals surface area contributed by atoms with Gasteiger partial charge in [0.2, 0.25) is 0 Å². The minimum Gasteiger partial charge on any atom is -0.350 e.